The second-order valence-electron chi connectivity index (χ2n) is 7.74. The topological polar surface area (TPSA) is 38.8 Å². The van der Waals surface area contributed by atoms with Crippen molar-refractivity contribution < 1.29 is 14.3 Å². The fourth-order valence-electron chi connectivity index (χ4n) is 4.21. The molecule has 2 aromatic rings. The van der Waals surface area contributed by atoms with Crippen LogP contribution in [0.1, 0.15) is 42.7 Å². The van der Waals surface area contributed by atoms with Crippen LogP contribution in [0.25, 0.3) is 0 Å². The van der Waals surface area contributed by atoms with Crippen molar-refractivity contribution in [2.24, 2.45) is 0 Å². The number of likely N-dealkylation sites (tertiary alicyclic amines) is 1. The van der Waals surface area contributed by atoms with E-state index < -0.39 is 0 Å². The maximum atomic E-state index is 12.8. The molecule has 1 aliphatic heterocycles. The molecule has 0 bridgehead atoms. The van der Waals surface area contributed by atoms with Crippen LogP contribution in [0, 0.1) is 0 Å². The second kappa shape index (κ2) is 8.66. The van der Waals surface area contributed by atoms with Crippen molar-refractivity contribution in [3.63, 3.8) is 0 Å². The number of halogens is 1. The summed E-state index contributed by atoms with van der Waals surface area (Å²) in [5.41, 5.74) is 2.21. The van der Waals surface area contributed by atoms with E-state index in [-0.39, 0.29) is 17.8 Å². The number of ketones is 1. The van der Waals surface area contributed by atoms with E-state index in [9.17, 15) is 4.79 Å². The zero-order valence-corrected chi connectivity index (χ0v) is 17.8. The molecule has 5 heteroatoms. The first-order valence-corrected chi connectivity index (χ1v) is 10.8. The maximum absolute atomic E-state index is 12.8. The van der Waals surface area contributed by atoms with E-state index in [2.05, 4.69) is 33.0 Å². The fourth-order valence-corrected chi connectivity index (χ4v) is 4.48. The highest BCUT2D eigenvalue weighted by atomic mass is 79.9. The number of methoxy groups -OCH3 is 1. The number of nitrogens with zero attached hydrogens (tertiary/aromatic N) is 1. The van der Waals surface area contributed by atoms with Crippen molar-refractivity contribution in [1.82, 2.24) is 4.90 Å². The Morgan fingerprint density at radius 3 is 2.57 bits per heavy atom. The normalized spacial score (nSPS) is 20.6. The number of hydrogen-bond donors (Lipinski definition) is 0. The van der Waals surface area contributed by atoms with Crippen molar-refractivity contribution in [2.75, 3.05) is 20.2 Å². The van der Waals surface area contributed by atoms with Gasteiger partial charge < -0.3 is 9.47 Å². The minimum Gasteiger partial charge on any atom is -0.497 e. The molecule has 0 unspecified atom stereocenters. The van der Waals surface area contributed by atoms with Crippen molar-refractivity contribution in [2.45, 2.75) is 44.2 Å². The van der Waals surface area contributed by atoms with Gasteiger partial charge in [0.2, 0.25) is 0 Å². The zero-order valence-electron chi connectivity index (χ0n) is 16.2. The minimum absolute atomic E-state index is 0.141. The number of carbonyl (C=O) groups is 1. The van der Waals surface area contributed by atoms with Crippen LogP contribution in [0.5, 0.6) is 11.5 Å². The van der Waals surface area contributed by atoms with Gasteiger partial charge >= 0.3 is 0 Å². The van der Waals surface area contributed by atoms with Gasteiger partial charge in [-0.2, -0.15) is 0 Å². The van der Waals surface area contributed by atoms with Crippen molar-refractivity contribution >= 4 is 21.7 Å². The van der Waals surface area contributed by atoms with Crippen molar-refractivity contribution in [1.29, 1.82) is 0 Å². The highest BCUT2D eigenvalue weighted by Gasteiger charge is 2.34. The van der Waals surface area contributed by atoms with Crippen LogP contribution in [0.2, 0.25) is 0 Å². The summed E-state index contributed by atoms with van der Waals surface area (Å²) in [7, 11) is 1.66. The molecule has 0 spiro atoms. The van der Waals surface area contributed by atoms with Crippen molar-refractivity contribution in [3.8, 4) is 11.5 Å². The third-order valence-electron chi connectivity index (χ3n) is 5.72. The SMILES string of the molecule is COc1ccc([C@@H]2CN(Cc3ccc(Br)cc3)CC2=O)c(OC2CCCC2)c1. The molecular formula is C23H26BrNO3. The molecule has 1 saturated heterocycles. The predicted octanol–water partition coefficient (Wildman–Crippen LogP) is 4.95. The largest absolute Gasteiger partial charge is 0.497 e. The number of carbonyl (C=O) groups excluding carboxylic acids is 1. The van der Waals surface area contributed by atoms with Gasteiger partial charge in [0.15, 0.2) is 5.78 Å². The standard InChI is InChI=1S/C23H26BrNO3/c1-27-19-10-11-20(23(12-19)28-18-4-2-3-5-18)21-14-25(15-22(21)26)13-16-6-8-17(24)9-7-16/h6-12,18,21H,2-5,13-15H2,1H3/t21-/m0/s1. The molecule has 28 heavy (non-hydrogen) atoms. The molecule has 1 heterocycles. The number of rotatable bonds is 6. The smallest absolute Gasteiger partial charge is 0.155 e. The van der Waals surface area contributed by atoms with Gasteiger partial charge in [0.05, 0.1) is 25.7 Å². The van der Waals surface area contributed by atoms with E-state index in [0.29, 0.717) is 6.54 Å². The molecule has 4 nitrogen and oxygen atoms in total. The van der Waals surface area contributed by atoms with Gasteiger partial charge in [-0.3, -0.25) is 9.69 Å². The lowest BCUT2D eigenvalue weighted by molar-refractivity contribution is -0.118. The van der Waals surface area contributed by atoms with E-state index in [1.165, 1.54) is 18.4 Å². The summed E-state index contributed by atoms with van der Waals surface area (Å²) in [6.45, 7) is 1.99. The molecule has 2 aliphatic rings. The summed E-state index contributed by atoms with van der Waals surface area (Å²) >= 11 is 3.47. The quantitative estimate of drug-likeness (QED) is 0.632. The molecule has 0 radical (unpaired) electrons. The van der Waals surface area contributed by atoms with Gasteiger partial charge in [-0.1, -0.05) is 34.1 Å². The van der Waals surface area contributed by atoms with E-state index in [1.807, 2.05) is 30.3 Å². The summed E-state index contributed by atoms with van der Waals surface area (Å²) in [5, 5.41) is 0. The van der Waals surface area contributed by atoms with Crippen LogP contribution in [-0.2, 0) is 11.3 Å². The number of ether oxygens (including phenoxy) is 2. The highest BCUT2D eigenvalue weighted by molar-refractivity contribution is 9.10. The van der Waals surface area contributed by atoms with E-state index in [0.717, 1.165) is 47.5 Å². The van der Waals surface area contributed by atoms with Crippen LogP contribution >= 0.6 is 15.9 Å². The average molecular weight is 444 g/mol. The molecule has 148 valence electrons. The predicted molar refractivity (Wildman–Crippen MR) is 113 cm³/mol. The van der Waals surface area contributed by atoms with Gasteiger partial charge in [0.1, 0.15) is 11.5 Å². The summed E-state index contributed by atoms with van der Waals surface area (Å²) in [6.07, 6.45) is 4.86. The summed E-state index contributed by atoms with van der Waals surface area (Å²) in [6, 6.07) is 14.2. The van der Waals surface area contributed by atoms with Gasteiger partial charge in [-0.15, -0.1) is 0 Å². The molecule has 1 saturated carbocycles. The monoisotopic (exact) mass is 443 g/mol. The average Bonchev–Trinajstić information content (AvgIpc) is 3.33. The van der Waals surface area contributed by atoms with Crippen LogP contribution in [0.4, 0.5) is 0 Å². The Balaban J connectivity index is 1.52. The highest BCUT2D eigenvalue weighted by Crippen LogP contribution is 2.37. The molecule has 2 aromatic carbocycles. The minimum atomic E-state index is -0.141. The third-order valence-corrected chi connectivity index (χ3v) is 6.25. The Labute approximate surface area is 175 Å². The Bertz CT molecular complexity index is 830. The lowest BCUT2D eigenvalue weighted by atomic mass is 9.96. The van der Waals surface area contributed by atoms with E-state index in [1.54, 1.807) is 7.11 Å². The molecule has 4 rings (SSSR count). The first-order valence-electron chi connectivity index (χ1n) is 9.96. The van der Waals surface area contributed by atoms with Crippen molar-refractivity contribution in [3.05, 3.63) is 58.1 Å². The second-order valence-corrected chi connectivity index (χ2v) is 8.66. The van der Waals surface area contributed by atoms with Crippen LogP contribution in [-0.4, -0.2) is 37.0 Å². The van der Waals surface area contributed by atoms with Gasteiger partial charge in [0.25, 0.3) is 0 Å². The Morgan fingerprint density at radius 2 is 1.86 bits per heavy atom. The molecule has 0 amide bonds. The molecule has 1 aliphatic carbocycles. The molecule has 1 atom stereocenters. The van der Waals surface area contributed by atoms with Crippen LogP contribution in [0.3, 0.4) is 0 Å². The molecule has 2 fully saturated rings. The lowest BCUT2D eigenvalue weighted by Gasteiger charge is -2.20. The fraction of sp³-hybridized carbons (Fsp3) is 0.435. The summed E-state index contributed by atoms with van der Waals surface area (Å²) in [5.74, 6) is 1.71. The Kier molecular flexibility index (Phi) is 6.02. The van der Waals surface area contributed by atoms with Gasteiger partial charge in [0, 0.05) is 29.2 Å². The lowest BCUT2D eigenvalue weighted by Crippen LogP contribution is -2.20. The summed E-state index contributed by atoms with van der Waals surface area (Å²) in [4.78, 5) is 15.1. The zero-order chi connectivity index (χ0) is 19.5. The van der Waals surface area contributed by atoms with E-state index >= 15 is 0 Å². The number of hydrogen-bond acceptors (Lipinski definition) is 4. The summed E-state index contributed by atoms with van der Waals surface area (Å²) < 4.78 is 12.8. The van der Waals surface area contributed by atoms with Crippen LogP contribution in [0.15, 0.2) is 46.9 Å². The number of Topliss-reactive ketones (excluding diaryl/α,β-unsaturated/α-hetero) is 1. The number of benzene rings is 2. The Hall–Kier alpha value is -1.85. The Morgan fingerprint density at radius 1 is 1.11 bits per heavy atom. The van der Waals surface area contributed by atoms with Gasteiger partial charge in [-0.05, 0) is 49.4 Å². The molecular weight excluding hydrogens is 418 g/mol. The first-order chi connectivity index (χ1) is 13.6. The first kappa shape index (κ1) is 19.5. The molecule has 0 aromatic heterocycles. The van der Waals surface area contributed by atoms with Gasteiger partial charge in [-0.25, -0.2) is 0 Å². The maximum Gasteiger partial charge on any atom is 0.155 e. The van der Waals surface area contributed by atoms with Crippen LogP contribution < -0.4 is 9.47 Å². The third kappa shape index (κ3) is 4.41. The van der Waals surface area contributed by atoms with E-state index in [4.69, 9.17) is 9.47 Å². The molecule has 0 N–H and O–H groups in total.